The second-order valence-electron chi connectivity index (χ2n) is 7.20. The van der Waals surface area contributed by atoms with Crippen molar-refractivity contribution in [3.63, 3.8) is 0 Å². The molecule has 0 spiro atoms. The molecule has 2 aliphatic heterocycles. The molecule has 1 aromatic rings. The van der Waals surface area contributed by atoms with Gasteiger partial charge in [0.1, 0.15) is 0 Å². The average molecular weight is 373 g/mol. The minimum absolute atomic E-state index is 0.0388. The van der Waals surface area contributed by atoms with Crippen molar-refractivity contribution in [1.29, 1.82) is 0 Å². The highest BCUT2D eigenvalue weighted by atomic mass is 16.2. The van der Waals surface area contributed by atoms with Gasteiger partial charge in [0.15, 0.2) is 0 Å². The number of rotatable bonds is 4. The van der Waals surface area contributed by atoms with Crippen molar-refractivity contribution >= 4 is 23.4 Å². The lowest BCUT2D eigenvalue weighted by molar-refractivity contribution is -0.141. The van der Waals surface area contributed by atoms with Gasteiger partial charge in [0.05, 0.1) is 24.3 Å². The van der Waals surface area contributed by atoms with Crippen LogP contribution in [0.5, 0.6) is 0 Å². The summed E-state index contributed by atoms with van der Waals surface area (Å²) >= 11 is 0. The van der Waals surface area contributed by atoms with Gasteiger partial charge in [-0.05, 0) is 25.0 Å². The Morgan fingerprint density at radius 2 is 1.93 bits per heavy atom. The van der Waals surface area contributed by atoms with E-state index in [0.29, 0.717) is 45.0 Å². The van der Waals surface area contributed by atoms with E-state index < -0.39 is 0 Å². The number of pyridine rings is 1. The van der Waals surface area contributed by atoms with Crippen molar-refractivity contribution in [2.45, 2.75) is 19.8 Å². The van der Waals surface area contributed by atoms with E-state index in [1.807, 2.05) is 4.90 Å². The summed E-state index contributed by atoms with van der Waals surface area (Å²) in [6, 6.07) is 3.58. The van der Waals surface area contributed by atoms with Crippen LogP contribution < -0.4 is 5.32 Å². The molecule has 1 aromatic heterocycles. The zero-order chi connectivity index (χ0) is 19.2. The Hall–Kier alpha value is -2.48. The quantitative estimate of drug-likeness (QED) is 0.827. The molecule has 2 saturated heterocycles. The van der Waals surface area contributed by atoms with Crippen molar-refractivity contribution in [1.82, 2.24) is 19.7 Å². The molecule has 3 rings (SSSR count). The van der Waals surface area contributed by atoms with Gasteiger partial charge in [-0.15, -0.1) is 0 Å². The minimum Gasteiger partial charge on any atom is -0.342 e. The SMILES string of the molecule is CC(=O)N1CCCC(C(=O)N2CCN(CC(=O)Nc3cccnc3)CC2)C1. The van der Waals surface area contributed by atoms with Gasteiger partial charge in [0.2, 0.25) is 17.7 Å². The highest BCUT2D eigenvalue weighted by Gasteiger charge is 2.31. The number of hydrogen-bond acceptors (Lipinski definition) is 5. The Morgan fingerprint density at radius 3 is 2.59 bits per heavy atom. The van der Waals surface area contributed by atoms with Gasteiger partial charge in [0.25, 0.3) is 0 Å². The predicted molar refractivity (Wildman–Crippen MR) is 101 cm³/mol. The third kappa shape index (κ3) is 5.26. The third-order valence-electron chi connectivity index (χ3n) is 5.21. The lowest BCUT2D eigenvalue weighted by Gasteiger charge is -2.38. The van der Waals surface area contributed by atoms with Crippen LogP contribution in [-0.2, 0) is 14.4 Å². The summed E-state index contributed by atoms with van der Waals surface area (Å²) < 4.78 is 0. The van der Waals surface area contributed by atoms with Gasteiger partial charge in [-0.1, -0.05) is 0 Å². The number of anilines is 1. The highest BCUT2D eigenvalue weighted by molar-refractivity contribution is 5.92. The summed E-state index contributed by atoms with van der Waals surface area (Å²) in [5.41, 5.74) is 0.684. The summed E-state index contributed by atoms with van der Waals surface area (Å²) in [5, 5.41) is 2.83. The highest BCUT2D eigenvalue weighted by Crippen LogP contribution is 2.20. The molecule has 0 saturated carbocycles. The first-order valence-electron chi connectivity index (χ1n) is 9.49. The molecule has 0 aromatic carbocycles. The van der Waals surface area contributed by atoms with E-state index in [-0.39, 0.29) is 23.6 Å². The molecule has 3 amide bonds. The standard InChI is InChI=1S/C19H27N5O3/c1-15(25)24-7-3-4-16(13-24)19(27)23-10-8-22(9-11-23)14-18(26)21-17-5-2-6-20-12-17/h2,5-6,12,16H,3-4,7-11,13-14H2,1H3,(H,21,26). The number of carbonyl (C=O) groups is 3. The maximum absolute atomic E-state index is 12.8. The maximum atomic E-state index is 12.8. The monoisotopic (exact) mass is 373 g/mol. The molecule has 0 aliphatic carbocycles. The number of nitrogens with zero attached hydrogens (tertiary/aromatic N) is 4. The van der Waals surface area contributed by atoms with Crippen LogP contribution in [0.3, 0.4) is 0 Å². The van der Waals surface area contributed by atoms with Gasteiger partial charge >= 0.3 is 0 Å². The number of hydrogen-bond donors (Lipinski definition) is 1. The van der Waals surface area contributed by atoms with Crippen LogP contribution in [0.25, 0.3) is 0 Å². The van der Waals surface area contributed by atoms with E-state index in [4.69, 9.17) is 0 Å². The Kier molecular flexibility index (Phi) is 6.39. The first-order chi connectivity index (χ1) is 13.0. The molecule has 0 radical (unpaired) electrons. The molecule has 1 unspecified atom stereocenters. The number of nitrogens with one attached hydrogen (secondary N) is 1. The Bertz CT molecular complexity index is 673. The second kappa shape index (κ2) is 8.94. The van der Waals surface area contributed by atoms with E-state index in [9.17, 15) is 14.4 Å². The number of aromatic nitrogens is 1. The Morgan fingerprint density at radius 1 is 1.15 bits per heavy atom. The largest absolute Gasteiger partial charge is 0.342 e. The van der Waals surface area contributed by atoms with Crippen molar-refractivity contribution in [2.75, 3.05) is 51.1 Å². The van der Waals surface area contributed by atoms with Crippen LogP contribution in [0.4, 0.5) is 5.69 Å². The van der Waals surface area contributed by atoms with Crippen LogP contribution in [0, 0.1) is 5.92 Å². The number of amides is 3. The van der Waals surface area contributed by atoms with Crippen molar-refractivity contribution in [3.05, 3.63) is 24.5 Å². The first-order valence-corrected chi connectivity index (χ1v) is 9.49. The van der Waals surface area contributed by atoms with Gasteiger partial charge in [-0.25, -0.2) is 0 Å². The molecular weight excluding hydrogens is 346 g/mol. The molecule has 3 heterocycles. The molecule has 8 nitrogen and oxygen atoms in total. The third-order valence-corrected chi connectivity index (χ3v) is 5.21. The van der Waals surface area contributed by atoms with E-state index >= 15 is 0 Å². The lowest BCUT2D eigenvalue weighted by Crippen LogP contribution is -2.53. The van der Waals surface area contributed by atoms with E-state index in [0.717, 1.165) is 19.4 Å². The number of likely N-dealkylation sites (tertiary alicyclic amines) is 1. The first kappa shape index (κ1) is 19.3. The van der Waals surface area contributed by atoms with Crippen molar-refractivity contribution < 1.29 is 14.4 Å². The van der Waals surface area contributed by atoms with E-state index in [2.05, 4.69) is 15.2 Å². The van der Waals surface area contributed by atoms with Gasteiger partial charge < -0.3 is 15.1 Å². The lowest BCUT2D eigenvalue weighted by atomic mass is 9.96. The molecule has 1 N–H and O–H groups in total. The summed E-state index contributed by atoms with van der Waals surface area (Å²) in [5.74, 6) is 0.00703. The maximum Gasteiger partial charge on any atom is 0.238 e. The van der Waals surface area contributed by atoms with Crippen LogP contribution in [-0.4, -0.2) is 83.2 Å². The van der Waals surface area contributed by atoms with E-state index in [1.54, 1.807) is 36.4 Å². The topological polar surface area (TPSA) is 85.9 Å². The molecule has 8 heteroatoms. The summed E-state index contributed by atoms with van der Waals surface area (Å²) in [6.07, 6.45) is 5.00. The average Bonchev–Trinajstić information content (AvgIpc) is 2.69. The van der Waals surface area contributed by atoms with Crippen molar-refractivity contribution in [2.24, 2.45) is 5.92 Å². The molecule has 27 heavy (non-hydrogen) atoms. The fraction of sp³-hybridized carbons (Fsp3) is 0.579. The zero-order valence-electron chi connectivity index (χ0n) is 15.8. The minimum atomic E-state index is -0.0944. The number of piperidine rings is 1. The van der Waals surface area contributed by atoms with Gasteiger partial charge in [-0.2, -0.15) is 0 Å². The molecule has 0 bridgehead atoms. The van der Waals surface area contributed by atoms with Crippen LogP contribution in [0.15, 0.2) is 24.5 Å². The fourth-order valence-corrected chi connectivity index (χ4v) is 3.69. The molecule has 1 atom stereocenters. The molecule has 146 valence electrons. The smallest absolute Gasteiger partial charge is 0.238 e. The number of carbonyl (C=O) groups excluding carboxylic acids is 3. The molecular formula is C19H27N5O3. The van der Waals surface area contributed by atoms with E-state index in [1.165, 1.54) is 0 Å². The summed E-state index contributed by atoms with van der Waals surface area (Å²) in [6.45, 7) is 5.73. The Balaban J connectivity index is 1.43. The second-order valence-corrected chi connectivity index (χ2v) is 7.20. The number of piperazine rings is 1. The van der Waals surface area contributed by atoms with Gasteiger partial charge in [0, 0.05) is 52.4 Å². The Labute approximate surface area is 159 Å². The van der Waals surface area contributed by atoms with Gasteiger partial charge in [-0.3, -0.25) is 24.3 Å². The zero-order valence-corrected chi connectivity index (χ0v) is 15.8. The predicted octanol–water partition coefficient (Wildman–Crippen LogP) is 0.423. The molecule has 2 aliphatic rings. The van der Waals surface area contributed by atoms with Crippen LogP contribution >= 0.6 is 0 Å². The molecule has 2 fully saturated rings. The summed E-state index contributed by atoms with van der Waals surface area (Å²) in [4.78, 5) is 46.2. The summed E-state index contributed by atoms with van der Waals surface area (Å²) in [7, 11) is 0. The fourth-order valence-electron chi connectivity index (χ4n) is 3.69. The normalized spacial score (nSPS) is 21.0. The van der Waals surface area contributed by atoms with Crippen LogP contribution in [0.1, 0.15) is 19.8 Å². The van der Waals surface area contributed by atoms with Crippen molar-refractivity contribution in [3.8, 4) is 0 Å². The van der Waals surface area contributed by atoms with Crippen LogP contribution in [0.2, 0.25) is 0 Å².